The van der Waals surface area contributed by atoms with Crippen LogP contribution in [0.15, 0.2) is 65.7 Å². The second-order valence-electron chi connectivity index (χ2n) is 8.51. The average molecular weight is 476 g/mol. The zero-order chi connectivity index (χ0) is 22.9. The van der Waals surface area contributed by atoms with Crippen LogP contribution in [-0.2, 0) is 16.1 Å². The predicted molar refractivity (Wildman–Crippen MR) is 139 cm³/mol. The number of fused-ring (bicyclic) bond motifs is 1. The van der Waals surface area contributed by atoms with Crippen LogP contribution in [0.25, 0.3) is 17.0 Å². The van der Waals surface area contributed by atoms with E-state index in [9.17, 15) is 9.59 Å². The van der Waals surface area contributed by atoms with Crippen LogP contribution < -0.4 is 4.90 Å². The first-order valence-electron chi connectivity index (χ1n) is 11.2. The van der Waals surface area contributed by atoms with E-state index in [1.165, 1.54) is 18.2 Å². The van der Waals surface area contributed by atoms with Crippen LogP contribution in [0.4, 0.5) is 5.69 Å². The summed E-state index contributed by atoms with van der Waals surface area (Å²) in [5.74, 6) is 0.0242. The minimum absolute atomic E-state index is 0.119. The molecule has 2 aliphatic heterocycles. The number of anilines is 1. The third-order valence-corrected chi connectivity index (χ3v) is 7.65. The van der Waals surface area contributed by atoms with Crippen molar-refractivity contribution in [1.82, 2.24) is 9.47 Å². The lowest BCUT2D eigenvalue weighted by Crippen LogP contribution is -2.43. The van der Waals surface area contributed by atoms with Gasteiger partial charge in [-0.15, -0.1) is 0 Å². The highest BCUT2D eigenvalue weighted by atomic mass is 32.2. The zero-order valence-electron chi connectivity index (χ0n) is 18.4. The van der Waals surface area contributed by atoms with Gasteiger partial charge in [0.25, 0.3) is 5.91 Å². The number of hydrogen-bond acceptors (Lipinski definition) is 4. The fraction of sp³-hybridized carbons (Fsp3) is 0.269. The summed E-state index contributed by atoms with van der Waals surface area (Å²) >= 11 is 6.82. The van der Waals surface area contributed by atoms with Crippen molar-refractivity contribution in [3.05, 3.63) is 71.3 Å². The second kappa shape index (κ2) is 9.15. The SMILES string of the molecule is C[C@H]1CCCCN1C(=O)Cn1cc(/C=C2\SC(=S)N(c3ccccc3)C2=O)c2ccccc21. The quantitative estimate of drug-likeness (QED) is 0.372. The van der Waals surface area contributed by atoms with Crippen molar-refractivity contribution in [1.29, 1.82) is 0 Å². The summed E-state index contributed by atoms with van der Waals surface area (Å²) in [4.78, 5) is 30.4. The summed E-state index contributed by atoms with van der Waals surface area (Å²) in [5, 5.41) is 1.02. The first-order valence-corrected chi connectivity index (χ1v) is 12.5. The van der Waals surface area contributed by atoms with Crippen molar-refractivity contribution >= 4 is 62.8 Å². The summed E-state index contributed by atoms with van der Waals surface area (Å²) in [6, 6.07) is 17.8. The first-order chi connectivity index (χ1) is 16.0. The van der Waals surface area contributed by atoms with E-state index < -0.39 is 0 Å². The zero-order valence-corrected chi connectivity index (χ0v) is 20.1. The van der Waals surface area contributed by atoms with Gasteiger partial charge in [0.15, 0.2) is 4.32 Å². The molecule has 2 aliphatic rings. The molecule has 33 heavy (non-hydrogen) atoms. The van der Waals surface area contributed by atoms with E-state index in [1.54, 1.807) is 4.90 Å². The van der Waals surface area contributed by atoms with E-state index in [0.29, 0.717) is 15.8 Å². The fourth-order valence-corrected chi connectivity index (χ4v) is 5.92. The molecule has 5 rings (SSSR count). The topological polar surface area (TPSA) is 45.6 Å². The lowest BCUT2D eigenvalue weighted by molar-refractivity contribution is -0.135. The standard InChI is InChI=1S/C26H25N3O2S2/c1-18-9-7-8-14-28(18)24(30)17-27-16-19(21-12-5-6-13-22(21)27)15-23-25(31)29(26(32)33-23)20-10-3-2-4-11-20/h2-6,10-13,15-16,18H,7-9,14,17H2,1H3/b23-15-/t18-/m0/s1. The van der Waals surface area contributed by atoms with Gasteiger partial charge in [0.2, 0.25) is 5.91 Å². The number of rotatable bonds is 4. The maximum atomic E-state index is 13.2. The lowest BCUT2D eigenvalue weighted by atomic mass is 10.0. The number of hydrogen-bond donors (Lipinski definition) is 0. The number of piperidine rings is 1. The number of thioether (sulfide) groups is 1. The molecule has 1 atom stereocenters. The lowest BCUT2D eigenvalue weighted by Gasteiger charge is -2.33. The third kappa shape index (κ3) is 4.23. The van der Waals surface area contributed by atoms with Gasteiger partial charge >= 0.3 is 0 Å². The minimum Gasteiger partial charge on any atom is -0.338 e. The summed E-state index contributed by atoms with van der Waals surface area (Å²) in [6.45, 7) is 3.25. The van der Waals surface area contributed by atoms with Crippen LogP contribution >= 0.6 is 24.0 Å². The van der Waals surface area contributed by atoms with Crippen LogP contribution in [0.2, 0.25) is 0 Å². The van der Waals surface area contributed by atoms with Crippen molar-refractivity contribution in [2.75, 3.05) is 11.4 Å². The minimum atomic E-state index is -0.119. The van der Waals surface area contributed by atoms with E-state index in [0.717, 1.165) is 41.5 Å². The number of aromatic nitrogens is 1. The van der Waals surface area contributed by atoms with Crippen molar-refractivity contribution in [3.8, 4) is 0 Å². The molecule has 2 aromatic carbocycles. The first kappa shape index (κ1) is 21.9. The number of thiocarbonyl (C=S) groups is 1. The average Bonchev–Trinajstić information content (AvgIpc) is 3.31. The van der Waals surface area contributed by atoms with Gasteiger partial charge in [-0.05, 0) is 50.5 Å². The Labute approximate surface area is 203 Å². The molecule has 0 bridgehead atoms. The molecule has 0 unspecified atom stereocenters. The maximum Gasteiger partial charge on any atom is 0.270 e. The number of nitrogens with zero attached hydrogens (tertiary/aromatic N) is 3. The molecule has 0 aliphatic carbocycles. The van der Waals surface area contributed by atoms with Crippen molar-refractivity contribution in [3.63, 3.8) is 0 Å². The molecule has 3 aromatic rings. The molecule has 5 nitrogen and oxygen atoms in total. The van der Waals surface area contributed by atoms with Crippen LogP contribution in [0.1, 0.15) is 31.7 Å². The van der Waals surface area contributed by atoms with Gasteiger partial charge in [-0.1, -0.05) is 60.4 Å². The van der Waals surface area contributed by atoms with Gasteiger partial charge in [-0.3, -0.25) is 14.5 Å². The molecule has 168 valence electrons. The fourth-order valence-electron chi connectivity index (χ4n) is 4.63. The van der Waals surface area contributed by atoms with Crippen molar-refractivity contribution < 1.29 is 9.59 Å². The summed E-state index contributed by atoms with van der Waals surface area (Å²) in [7, 11) is 0. The normalized spacial score (nSPS) is 20.3. The number of para-hydroxylation sites is 2. The predicted octanol–water partition coefficient (Wildman–Crippen LogP) is 5.45. The largest absolute Gasteiger partial charge is 0.338 e. The van der Waals surface area contributed by atoms with Crippen LogP contribution in [0.5, 0.6) is 0 Å². The summed E-state index contributed by atoms with van der Waals surface area (Å²) in [5.41, 5.74) is 2.67. The molecule has 0 spiro atoms. The van der Waals surface area contributed by atoms with E-state index in [4.69, 9.17) is 12.2 Å². The molecule has 2 fully saturated rings. The molecule has 2 saturated heterocycles. The van der Waals surface area contributed by atoms with E-state index in [-0.39, 0.29) is 17.9 Å². The van der Waals surface area contributed by atoms with Crippen molar-refractivity contribution in [2.45, 2.75) is 38.8 Å². The molecular weight excluding hydrogens is 450 g/mol. The Balaban J connectivity index is 1.46. The van der Waals surface area contributed by atoms with E-state index in [2.05, 4.69) is 6.92 Å². The molecule has 0 saturated carbocycles. The highest BCUT2D eigenvalue weighted by Crippen LogP contribution is 2.37. The highest BCUT2D eigenvalue weighted by molar-refractivity contribution is 8.27. The molecule has 3 heterocycles. The maximum absolute atomic E-state index is 13.2. The smallest absolute Gasteiger partial charge is 0.270 e. The Hall–Kier alpha value is -2.90. The van der Waals surface area contributed by atoms with Crippen molar-refractivity contribution in [2.24, 2.45) is 0 Å². The van der Waals surface area contributed by atoms with E-state index in [1.807, 2.05) is 76.3 Å². The van der Waals surface area contributed by atoms with Gasteiger partial charge in [-0.25, -0.2) is 0 Å². The molecule has 0 radical (unpaired) electrons. The highest BCUT2D eigenvalue weighted by Gasteiger charge is 2.33. The van der Waals surface area contributed by atoms with Gasteiger partial charge in [0.1, 0.15) is 6.54 Å². The Kier molecular flexibility index (Phi) is 6.08. The van der Waals surface area contributed by atoms with Gasteiger partial charge < -0.3 is 9.47 Å². The number of amides is 2. The summed E-state index contributed by atoms with van der Waals surface area (Å²) in [6.07, 6.45) is 7.19. The number of likely N-dealkylation sites (tertiary alicyclic amines) is 1. The third-order valence-electron chi connectivity index (χ3n) is 6.34. The molecule has 0 N–H and O–H groups in total. The van der Waals surface area contributed by atoms with Crippen LogP contribution in [-0.4, -0.2) is 38.2 Å². The number of benzene rings is 2. The molecular formula is C26H25N3O2S2. The molecule has 7 heteroatoms. The Morgan fingerprint density at radius 1 is 1.12 bits per heavy atom. The Bertz CT molecular complexity index is 1270. The molecule has 2 amide bonds. The second-order valence-corrected chi connectivity index (χ2v) is 10.2. The van der Waals surface area contributed by atoms with Crippen LogP contribution in [0.3, 0.4) is 0 Å². The number of carbonyl (C=O) groups excluding carboxylic acids is 2. The van der Waals surface area contributed by atoms with Gasteiger partial charge in [0.05, 0.1) is 10.6 Å². The molecule has 1 aromatic heterocycles. The monoisotopic (exact) mass is 475 g/mol. The van der Waals surface area contributed by atoms with Gasteiger partial charge in [0, 0.05) is 35.2 Å². The summed E-state index contributed by atoms with van der Waals surface area (Å²) < 4.78 is 2.53. The number of carbonyl (C=O) groups is 2. The van der Waals surface area contributed by atoms with Gasteiger partial charge in [-0.2, -0.15) is 0 Å². The Morgan fingerprint density at radius 2 is 1.88 bits per heavy atom. The van der Waals surface area contributed by atoms with E-state index >= 15 is 0 Å². The Morgan fingerprint density at radius 3 is 2.67 bits per heavy atom. The van der Waals surface area contributed by atoms with Crippen LogP contribution in [0, 0.1) is 0 Å².